The summed E-state index contributed by atoms with van der Waals surface area (Å²) < 4.78 is 3.63. The summed E-state index contributed by atoms with van der Waals surface area (Å²) >= 11 is -0.163. The zero-order valence-electron chi connectivity index (χ0n) is 2.02. The molecule has 0 radical (unpaired) electrons. The Morgan fingerprint density at radius 1 is 1.80 bits per heavy atom. The molecule has 0 aliphatic rings. The molecule has 0 bridgehead atoms. The molecular weight excluding hydrogens is 243 g/mol. The second-order valence-corrected chi connectivity index (χ2v) is 4.16. The van der Waals surface area contributed by atoms with Gasteiger partial charge in [0.25, 0.3) is 0 Å². The van der Waals surface area contributed by atoms with Gasteiger partial charge in [0.15, 0.2) is 0 Å². The maximum atomic E-state index is 5.13. The molecule has 0 N–H and O–H groups in total. The molecule has 0 atom stereocenters. The van der Waals surface area contributed by atoms with Gasteiger partial charge in [0.1, 0.15) is 0 Å². The van der Waals surface area contributed by atoms with E-state index in [1.807, 2.05) is 0 Å². The van der Waals surface area contributed by atoms with Crippen molar-refractivity contribution in [1.82, 2.24) is 0 Å². The number of hydrogen-bond acceptors (Lipinski definition) is 1. The number of nitrogens with zero attached hydrogens (tertiary/aromatic N) is 1. The molecule has 0 rings (SSSR count). The van der Waals surface area contributed by atoms with E-state index in [1.54, 1.807) is 0 Å². The van der Waals surface area contributed by atoms with E-state index in [-0.39, 0.29) is 28.1 Å². The van der Waals surface area contributed by atoms with E-state index in [4.69, 9.17) is 20.2 Å². The Balaban J connectivity index is 2.62. The summed E-state index contributed by atoms with van der Waals surface area (Å²) in [7, 11) is 10.3. The first-order valence-corrected chi connectivity index (χ1v) is 6.71. The van der Waals surface area contributed by atoms with Gasteiger partial charge in [-0.3, -0.25) is 0 Å². The van der Waals surface area contributed by atoms with Crippen molar-refractivity contribution in [3.8, 4) is 0 Å². The monoisotopic (exact) mass is 244 g/mol. The third-order valence-corrected chi connectivity index (χ3v) is 4.56. The summed E-state index contributed by atoms with van der Waals surface area (Å²) in [5.41, 5.74) is 0. The molecule has 0 saturated carbocycles. The van der Waals surface area contributed by atoms with Crippen LogP contribution in [0.15, 0.2) is 2.98 Å². The molecule has 0 aromatic carbocycles. The molecule has 0 fully saturated rings. The zero-order chi connectivity index (χ0) is 4.12. The quantitative estimate of drug-likeness (QED) is 0.604. The molecule has 1 nitrogen and oxygen atoms in total. The van der Waals surface area contributed by atoms with E-state index in [9.17, 15) is 0 Å². The fourth-order valence-electron chi connectivity index (χ4n) is 0.0106. The SMILES string of the molecule is Cl[Se]N=[Se+]Cl. The van der Waals surface area contributed by atoms with Crippen LogP contribution in [0.4, 0.5) is 0 Å². The van der Waals surface area contributed by atoms with Crippen molar-refractivity contribution in [3.05, 3.63) is 0 Å². The third kappa shape index (κ3) is 5.42. The van der Waals surface area contributed by atoms with Crippen molar-refractivity contribution in [3.63, 3.8) is 0 Å². The fraction of sp³-hybridized carbons (Fsp3) is 0. The molecule has 0 aromatic heterocycles. The van der Waals surface area contributed by atoms with Gasteiger partial charge in [-0.25, -0.2) is 0 Å². The van der Waals surface area contributed by atoms with E-state index in [2.05, 4.69) is 2.98 Å². The molecule has 0 unspecified atom stereocenters. The topological polar surface area (TPSA) is 12.4 Å². The second-order valence-electron chi connectivity index (χ2n) is 0.213. The molecule has 0 aliphatic heterocycles. The van der Waals surface area contributed by atoms with Gasteiger partial charge in [-0.2, -0.15) is 0 Å². The van der Waals surface area contributed by atoms with Gasteiger partial charge in [0, 0.05) is 0 Å². The van der Waals surface area contributed by atoms with E-state index < -0.39 is 0 Å². The second kappa shape index (κ2) is 5.42. The first-order chi connectivity index (χ1) is 2.41. The van der Waals surface area contributed by atoms with E-state index in [0.717, 1.165) is 0 Å². The van der Waals surface area contributed by atoms with Crippen molar-refractivity contribution >= 4 is 48.3 Å². The molecule has 30 valence electrons. The molecule has 5 heavy (non-hydrogen) atoms. The number of rotatable bonds is 1. The van der Waals surface area contributed by atoms with Crippen LogP contribution in [-0.4, -0.2) is 28.1 Å². The van der Waals surface area contributed by atoms with Crippen molar-refractivity contribution in [2.75, 3.05) is 0 Å². The first-order valence-electron chi connectivity index (χ1n) is 0.674. The maximum absolute atomic E-state index is 5.13. The Morgan fingerprint density at radius 2 is 2.40 bits per heavy atom. The van der Waals surface area contributed by atoms with Gasteiger partial charge >= 0.3 is 51.3 Å². The van der Waals surface area contributed by atoms with Crippen LogP contribution < -0.4 is 0 Å². The number of hydrogen-bond donors (Lipinski definition) is 0. The van der Waals surface area contributed by atoms with Gasteiger partial charge in [0.2, 0.25) is 0 Å². The van der Waals surface area contributed by atoms with Crippen LogP contribution >= 0.6 is 20.2 Å². The number of halogens is 2. The molecule has 0 aromatic rings. The van der Waals surface area contributed by atoms with Gasteiger partial charge in [-0.1, -0.05) is 0 Å². The molecule has 0 amide bonds. The molecule has 0 aliphatic carbocycles. The Labute approximate surface area is 51.2 Å². The average molecular weight is 243 g/mol. The molecular formula is Cl2NSe2+. The van der Waals surface area contributed by atoms with Gasteiger partial charge in [0.05, 0.1) is 0 Å². The normalized spacial score (nSPS) is 10.0. The predicted octanol–water partition coefficient (Wildman–Crippen LogP) is 0.801. The van der Waals surface area contributed by atoms with Crippen LogP contribution in [0.3, 0.4) is 0 Å². The van der Waals surface area contributed by atoms with Crippen molar-refractivity contribution in [1.29, 1.82) is 0 Å². The minimum atomic E-state index is -0.0816. The molecule has 5 heteroatoms. The van der Waals surface area contributed by atoms with Crippen LogP contribution in [-0.2, 0) is 0 Å². The Hall–Kier alpha value is 1.42. The van der Waals surface area contributed by atoms with Crippen molar-refractivity contribution in [2.24, 2.45) is 2.98 Å². The Morgan fingerprint density at radius 3 is 2.40 bits per heavy atom. The summed E-state index contributed by atoms with van der Waals surface area (Å²) in [6.45, 7) is 0. The van der Waals surface area contributed by atoms with E-state index in [0.29, 0.717) is 0 Å². The van der Waals surface area contributed by atoms with E-state index in [1.165, 1.54) is 0 Å². The summed E-state index contributed by atoms with van der Waals surface area (Å²) in [4.78, 5) is 0. The van der Waals surface area contributed by atoms with Gasteiger partial charge < -0.3 is 0 Å². The van der Waals surface area contributed by atoms with Crippen LogP contribution in [0.25, 0.3) is 0 Å². The molecule has 0 heterocycles. The average Bonchev–Trinajstić information content (AvgIpc) is 1.41. The van der Waals surface area contributed by atoms with Crippen LogP contribution in [0, 0.1) is 0 Å². The minimum absolute atomic E-state index is 0.0816. The molecule has 0 spiro atoms. The first kappa shape index (κ1) is 6.42. The standard InChI is InChI=1S/Cl2NSe2/c1-4-3-5-2/q+1. The predicted molar refractivity (Wildman–Crippen MR) is 25.6 cm³/mol. The van der Waals surface area contributed by atoms with Crippen LogP contribution in [0.5, 0.6) is 0 Å². The van der Waals surface area contributed by atoms with E-state index >= 15 is 0 Å². The zero-order valence-corrected chi connectivity index (χ0v) is 6.96. The summed E-state index contributed by atoms with van der Waals surface area (Å²) in [6, 6.07) is 0. The fourth-order valence-corrected chi connectivity index (χ4v) is 2.59. The van der Waals surface area contributed by atoms with Crippen LogP contribution in [0.1, 0.15) is 0 Å². The third-order valence-electron chi connectivity index (χ3n) is 0.0563. The van der Waals surface area contributed by atoms with Gasteiger partial charge in [-0.15, -0.1) is 0 Å². The molecule has 0 saturated heterocycles. The summed E-state index contributed by atoms with van der Waals surface area (Å²) in [5, 5.41) is 0. The van der Waals surface area contributed by atoms with Crippen LogP contribution in [0.2, 0.25) is 0 Å². The van der Waals surface area contributed by atoms with Gasteiger partial charge in [-0.05, 0) is 0 Å². The summed E-state index contributed by atoms with van der Waals surface area (Å²) in [6.07, 6.45) is 0. The summed E-state index contributed by atoms with van der Waals surface area (Å²) in [5.74, 6) is 0. The Bertz CT molecular complexity index is 34.6. The Kier molecular flexibility index (Phi) is 6.96. The van der Waals surface area contributed by atoms with Crippen molar-refractivity contribution in [2.45, 2.75) is 0 Å². The van der Waals surface area contributed by atoms with Crippen molar-refractivity contribution < 1.29 is 0 Å².